The molecule has 0 amide bonds. The van der Waals surface area contributed by atoms with Crippen LogP contribution in [0.25, 0.3) is 0 Å². The Morgan fingerprint density at radius 3 is 2.94 bits per heavy atom. The van der Waals surface area contributed by atoms with Gasteiger partial charge in [-0.1, -0.05) is 17.8 Å². The molecule has 2 N–H and O–H groups in total. The van der Waals surface area contributed by atoms with Crippen molar-refractivity contribution in [3.05, 3.63) is 28.5 Å². The zero-order valence-corrected chi connectivity index (χ0v) is 11.7. The average molecular weight is 265 g/mol. The summed E-state index contributed by atoms with van der Waals surface area (Å²) in [6.45, 7) is 2.14. The van der Waals surface area contributed by atoms with E-state index in [1.807, 2.05) is 24.1 Å². The first-order valence-electron chi connectivity index (χ1n) is 6.25. The summed E-state index contributed by atoms with van der Waals surface area (Å²) in [5, 5.41) is 8.32. The summed E-state index contributed by atoms with van der Waals surface area (Å²) in [7, 11) is 1.93. The molecule has 0 spiro atoms. The van der Waals surface area contributed by atoms with Gasteiger partial charge in [-0.2, -0.15) is 5.10 Å². The number of hydrogen-bond donors (Lipinski definition) is 1. The van der Waals surface area contributed by atoms with Crippen LogP contribution in [0, 0.1) is 0 Å². The van der Waals surface area contributed by atoms with Gasteiger partial charge in [0.15, 0.2) is 0 Å². The molecule has 2 heterocycles. The summed E-state index contributed by atoms with van der Waals surface area (Å²) < 4.78 is 5.83. The van der Waals surface area contributed by atoms with Gasteiger partial charge in [0.05, 0.1) is 16.8 Å². The van der Waals surface area contributed by atoms with E-state index >= 15 is 0 Å². The van der Waals surface area contributed by atoms with E-state index in [1.54, 1.807) is 0 Å². The Hall–Kier alpha value is -1.27. The Labute approximate surface area is 111 Å². The second-order valence-electron chi connectivity index (χ2n) is 4.50. The van der Waals surface area contributed by atoms with Crippen LogP contribution in [0.2, 0.25) is 0 Å². The van der Waals surface area contributed by atoms with Gasteiger partial charge in [0.2, 0.25) is 0 Å². The molecule has 0 aliphatic heterocycles. The summed E-state index contributed by atoms with van der Waals surface area (Å²) in [5.41, 5.74) is 8.52. The lowest BCUT2D eigenvalue weighted by Crippen LogP contribution is -2.12. The Morgan fingerprint density at radius 1 is 1.44 bits per heavy atom. The first-order chi connectivity index (χ1) is 8.70. The van der Waals surface area contributed by atoms with E-state index < -0.39 is 0 Å². The zero-order valence-electron chi connectivity index (χ0n) is 10.8. The fourth-order valence-electron chi connectivity index (χ4n) is 1.96. The second kappa shape index (κ2) is 6.06. The highest BCUT2D eigenvalue weighted by Gasteiger charge is 2.15. The molecular formula is C12H19N5S. The average Bonchev–Trinajstić information content (AvgIpc) is 2.96. The monoisotopic (exact) mass is 265 g/mol. The van der Waals surface area contributed by atoms with Crippen molar-refractivity contribution in [2.75, 3.05) is 0 Å². The van der Waals surface area contributed by atoms with Crippen molar-refractivity contribution in [2.45, 2.75) is 38.6 Å². The summed E-state index contributed by atoms with van der Waals surface area (Å²) in [6, 6.07) is 0.0340. The van der Waals surface area contributed by atoms with Gasteiger partial charge in [0, 0.05) is 19.3 Å². The lowest BCUT2D eigenvalue weighted by molar-refractivity contribution is 0.650. The van der Waals surface area contributed by atoms with Gasteiger partial charge in [-0.3, -0.25) is 4.68 Å². The number of nitrogens with zero attached hydrogens (tertiary/aromatic N) is 4. The molecule has 2 aromatic rings. The Bertz CT molecular complexity index is 490. The summed E-state index contributed by atoms with van der Waals surface area (Å²) >= 11 is 1.43. The van der Waals surface area contributed by atoms with Crippen LogP contribution in [0.15, 0.2) is 12.4 Å². The van der Waals surface area contributed by atoms with Crippen molar-refractivity contribution < 1.29 is 0 Å². The second-order valence-corrected chi connectivity index (χ2v) is 5.29. The minimum Gasteiger partial charge on any atom is -0.323 e. The molecule has 2 aromatic heterocycles. The lowest BCUT2D eigenvalue weighted by Gasteiger charge is -2.09. The molecule has 98 valence electrons. The van der Waals surface area contributed by atoms with Crippen LogP contribution in [0.5, 0.6) is 0 Å². The first kappa shape index (κ1) is 13.2. The largest absolute Gasteiger partial charge is 0.323 e. The quantitative estimate of drug-likeness (QED) is 0.865. The number of rotatable bonds is 6. The van der Waals surface area contributed by atoms with Crippen molar-refractivity contribution in [1.82, 2.24) is 19.4 Å². The Kier molecular flexibility index (Phi) is 4.43. The van der Waals surface area contributed by atoms with E-state index in [1.165, 1.54) is 17.1 Å². The number of hydrogen-bond acceptors (Lipinski definition) is 5. The predicted molar refractivity (Wildman–Crippen MR) is 72.4 cm³/mol. The summed E-state index contributed by atoms with van der Waals surface area (Å²) in [6.07, 6.45) is 7.82. The smallest absolute Gasteiger partial charge is 0.0803 e. The number of aryl methyl sites for hydroxylation is 3. The Balaban J connectivity index is 1.94. The van der Waals surface area contributed by atoms with Gasteiger partial charge < -0.3 is 5.73 Å². The summed E-state index contributed by atoms with van der Waals surface area (Å²) in [4.78, 5) is 1.14. The van der Waals surface area contributed by atoms with Gasteiger partial charge in [0.25, 0.3) is 0 Å². The normalized spacial score (nSPS) is 12.8. The molecule has 0 fully saturated rings. The third kappa shape index (κ3) is 3.14. The van der Waals surface area contributed by atoms with Gasteiger partial charge in [0.1, 0.15) is 0 Å². The first-order valence-corrected chi connectivity index (χ1v) is 7.02. The van der Waals surface area contributed by atoms with E-state index in [0.29, 0.717) is 0 Å². The predicted octanol–water partition coefficient (Wildman–Crippen LogP) is 1.86. The molecule has 0 saturated heterocycles. The van der Waals surface area contributed by atoms with Gasteiger partial charge in [-0.15, -0.1) is 5.10 Å². The van der Waals surface area contributed by atoms with E-state index in [2.05, 4.69) is 21.6 Å². The standard InChI is InChI=1S/C12H19N5S/c1-3-4-11-12(18-16-15-11)10(13)6-5-9-7-14-17(2)8-9/h7-8,10H,3-6,13H2,1-2H3. The molecular weight excluding hydrogens is 246 g/mol. The highest BCUT2D eigenvalue weighted by Crippen LogP contribution is 2.23. The van der Waals surface area contributed by atoms with Crippen LogP contribution in [0.1, 0.15) is 41.9 Å². The SMILES string of the molecule is CCCc1nnsc1C(N)CCc1cnn(C)c1. The van der Waals surface area contributed by atoms with E-state index in [-0.39, 0.29) is 6.04 Å². The van der Waals surface area contributed by atoms with Crippen LogP contribution in [0.3, 0.4) is 0 Å². The van der Waals surface area contributed by atoms with Crippen molar-refractivity contribution in [3.63, 3.8) is 0 Å². The molecule has 0 aromatic carbocycles. The maximum atomic E-state index is 6.23. The van der Waals surface area contributed by atoms with Gasteiger partial charge in [-0.25, -0.2) is 0 Å². The van der Waals surface area contributed by atoms with Crippen LogP contribution in [0.4, 0.5) is 0 Å². The molecule has 2 rings (SSSR count). The maximum absolute atomic E-state index is 6.23. The van der Waals surface area contributed by atoms with Crippen LogP contribution in [-0.2, 0) is 19.9 Å². The third-order valence-corrected chi connectivity index (χ3v) is 3.81. The number of aromatic nitrogens is 4. The lowest BCUT2D eigenvalue weighted by atomic mass is 10.1. The zero-order chi connectivity index (χ0) is 13.0. The molecule has 18 heavy (non-hydrogen) atoms. The molecule has 0 aliphatic rings. The molecule has 0 saturated carbocycles. The third-order valence-electron chi connectivity index (χ3n) is 2.91. The van der Waals surface area contributed by atoms with Gasteiger partial charge >= 0.3 is 0 Å². The van der Waals surface area contributed by atoms with E-state index in [4.69, 9.17) is 5.73 Å². The van der Waals surface area contributed by atoms with E-state index in [9.17, 15) is 0 Å². The fourth-order valence-corrected chi connectivity index (χ4v) is 2.69. The molecule has 1 unspecified atom stereocenters. The van der Waals surface area contributed by atoms with Crippen molar-refractivity contribution >= 4 is 11.5 Å². The number of nitrogens with two attached hydrogens (primary N) is 1. The van der Waals surface area contributed by atoms with E-state index in [0.717, 1.165) is 36.3 Å². The van der Waals surface area contributed by atoms with Crippen molar-refractivity contribution in [1.29, 1.82) is 0 Å². The van der Waals surface area contributed by atoms with Crippen molar-refractivity contribution in [2.24, 2.45) is 12.8 Å². The minimum absolute atomic E-state index is 0.0340. The maximum Gasteiger partial charge on any atom is 0.0803 e. The van der Waals surface area contributed by atoms with Gasteiger partial charge in [-0.05, 0) is 36.4 Å². The topological polar surface area (TPSA) is 69.6 Å². The minimum atomic E-state index is 0.0340. The molecule has 0 radical (unpaired) electrons. The van der Waals surface area contributed by atoms with Crippen LogP contribution in [-0.4, -0.2) is 19.4 Å². The van der Waals surface area contributed by atoms with Crippen molar-refractivity contribution in [3.8, 4) is 0 Å². The fraction of sp³-hybridized carbons (Fsp3) is 0.583. The summed E-state index contributed by atoms with van der Waals surface area (Å²) in [5.74, 6) is 0. The molecule has 1 atom stereocenters. The molecule has 5 nitrogen and oxygen atoms in total. The van der Waals surface area contributed by atoms with Crippen LogP contribution >= 0.6 is 11.5 Å². The Morgan fingerprint density at radius 2 is 2.28 bits per heavy atom. The van der Waals surface area contributed by atoms with Crippen LogP contribution < -0.4 is 5.73 Å². The highest BCUT2D eigenvalue weighted by molar-refractivity contribution is 7.05. The highest BCUT2D eigenvalue weighted by atomic mass is 32.1. The molecule has 0 bridgehead atoms. The molecule has 0 aliphatic carbocycles. The molecule has 6 heteroatoms.